The number of halogens is 1. The maximum absolute atomic E-state index is 17.2. The topological polar surface area (TPSA) is 267 Å². The monoisotopic (exact) mass is 672 g/mol. The van der Waals surface area contributed by atoms with Crippen LogP contribution in [0.4, 0.5) is 9.18 Å². The molecule has 2 fully saturated rings. The molecule has 2 amide bonds. The number of amides is 2. The minimum atomic E-state index is -2.53. The van der Waals surface area contributed by atoms with E-state index < -0.39 is 106 Å². The van der Waals surface area contributed by atoms with Gasteiger partial charge in [0.2, 0.25) is 11.7 Å². The minimum Gasteiger partial charge on any atom is -0.441 e. The van der Waals surface area contributed by atoms with Crippen LogP contribution in [0.15, 0.2) is 23.8 Å². The second-order valence-corrected chi connectivity index (χ2v) is 12.7. The number of carbonyl (C=O) groups is 4. The fraction of sp³-hybridized carbons (Fsp3) is 0.714. The van der Waals surface area contributed by atoms with Gasteiger partial charge < -0.3 is 40.4 Å². The van der Waals surface area contributed by atoms with Gasteiger partial charge in [0.05, 0.1) is 18.8 Å². The smallest absolute Gasteiger partial charge is 0.408 e. The molecule has 0 radical (unpaired) electrons. The summed E-state index contributed by atoms with van der Waals surface area (Å²) in [6, 6.07) is 0. The number of fused-ring (bicyclic) bond motifs is 5. The molecule has 0 aliphatic heterocycles. The van der Waals surface area contributed by atoms with Crippen molar-refractivity contribution < 1.29 is 63.5 Å². The van der Waals surface area contributed by atoms with Gasteiger partial charge in [-0.25, -0.2) is 9.18 Å². The molecule has 2 saturated carbocycles. The van der Waals surface area contributed by atoms with E-state index in [-0.39, 0.29) is 38.0 Å². The van der Waals surface area contributed by atoms with Crippen LogP contribution in [0.3, 0.4) is 0 Å². The van der Waals surface area contributed by atoms with Gasteiger partial charge in [0, 0.05) is 29.7 Å². The van der Waals surface area contributed by atoms with Gasteiger partial charge in [0.1, 0.15) is 12.7 Å². The number of Topliss-reactive ketones (excluding diaryl/α,β-unsaturated/α-hetero) is 1. The molecule has 0 bridgehead atoms. The van der Waals surface area contributed by atoms with Crippen LogP contribution in [-0.2, 0) is 28.8 Å². The Morgan fingerprint density at radius 1 is 1.13 bits per heavy atom. The van der Waals surface area contributed by atoms with Gasteiger partial charge in [-0.1, -0.05) is 24.6 Å². The third kappa shape index (κ3) is 6.26. The average molecular weight is 673 g/mol. The van der Waals surface area contributed by atoms with Crippen molar-refractivity contribution in [2.45, 2.75) is 75.5 Å². The second kappa shape index (κ2) is 13.1. The first-order chi connectivity index (χ1) is 21.9. The molecule has 5 N–H and O–H groups in total. The number of rotatable bonds is 13. The first kappa shape index (κ1) is 35.6. The van der Waals surface area contributed by atoms with Gasteiger partial charge in [0.15, 0.2) is 23.7 Å². The largest absolute Gasteiger partial charge is 0.441 e. The fourth-order valence-corrected chi connectivity index (χ4v) is 7.95. The van der Waals surface area contributed by atoms with Crippen molar-refractivity contribution in [3.05, 3.63) is 44.0 Å². The van der Waals surface area contributed by atoms with Crippen LogP contribution in [0, 0.1) is 42.9 Å². The maximum Gasteiger partial charge on any atom is 0.408 e. The molecule has 1 unspecified atom stereocenters. The molecule has 4 aliphatic rings. The average Bonchev–Trinajstić information content (AvgIpc) is 3.19. The second-order valence-electron chi connectivity index (χ2n) is 12.7. The van der Waals surface area contributed by atoms with Crippen LogP contribution in [0.1, 0.15) is 46.0 Å². The lowest BCUT2D eigenvalue weighted by Gasteiger charge is -2.61. The van der Waals surface area contributed by atoms with Crippen LogP contribution < -0.4 is 10.6 Å². The van der Waals surface area contributed by atoms with E-state index in [1.165, 1.54) is 19.1 Å². The van der Waals surface area contributed by atoms with E-state index in [9.17, 15) is 54.7 Å². The van der Waals surface area contributed by atoms with E-state index in [1.807, 2.05) is 0 Å². The number of alkyl carbamates (subject to hydrolysis) is 1. The summed E-state index contributed by atoms with van der Waals surface area (Å²) in [6.07, 6.45) is -2.22. The quantitative estimate of drug-likeness (QED) is 0.0951. The lowest BCUT2D eigenvalue weighted by molar-refractivity contribution is -0.790. The number of alkyl halides is 1. The highest BCUT2D eigenvalue weighted by Crippen LogP contribution is 2.69. The number of nitrogens with one attached hydrogen (secondary N) is 2. The molecule has 0 aromatic carbocycles. The van der Waals surface area contributed by atoms with Crippen LogP contribution in [0.2, 0.25) is 0 Å². The Hall–Kier alpha value is -4.23. The highest BCUT2D eigenvalue weighted by molar-refractivity contribution is 5.94. The van der Waals surface area contributed by atoms with E-state index in [0.717, 1.165) is 0 Å². The van der Waals surface area contributed by atoms with Crippen LogP contribution in [0.5, 0.6) is 0 Å². The molecule has 0 aromatic rings. The number of carbonyl (C=O) groups excluding carboxylic acids is 4. The Bertz CT molecular complexity index is 1390. The van der Waals surface area contributed by atoms with Crippen molar-refractivity contribution in [3.63, 3.8) is 0 Å². The Kier molecular flexibility index (Phi) is 9.94. The zero-order valence-electron chi connectivity index (χ0n) is 25.6. The molecule has 9 atom stereocenters. The zero-order valence-corrected chi connectivity index (χ0v) is 25.6. The van der Waals surface area contributed by atoms with Crippen LogP contribution >= 0.6 is 0 Å². The molecule has 0 saturated heterocycles. The summed E-state index contributed by atoms with van der Waals surface area (Å²) in [5, 5.41) is 56.9. The fourth-order valence-electron chi connectivity index (χ4n) is 7.95. The Balaban J connectivity index is 1.33. The number of aliphatic hydroxyl groups excluding tert-OH is 2. The summed E-state index contributed by atoms with van der Waals surface area (Å²) in [4.78, 5) is 78.8. The van der Waals surface area contributed by atoms with Gasteiger partial charge in [0.25, 0.3) is 10.2 Å². The van der Waals surface area contributed by atoms with Gasteiger partial charge in [-0.15, -0.1) is 20.2 Å². The van der Waals surface area contributed by atoms with Crippen LogP contribution in [-0.4, -0.2) is 105 Å². The Labute approximate surface area is 266 Å². The summed E-state index contributed by atoms with van der Waals surface area (Å²) in [5.41, 5.74) is -7.08. The minimum absolute atomic E-state index is 0.00690. The molecule has 0 heterocycles. The number of hydrogen-bond donors (Lipinski definition) is 5. The third-order valence-corrected chi connectivity index (χ3v) is 10.4. The van der Waals surface area contributed by atoms with Crippen molar-refractivity contribution in [2.75, 3.05) is 26.3 Å². The zero-order chi connectivity index (χ0) is 34.9. The van der Waals surface area contributed by atoms with Gasteiger partial charge in [-0.3, -0.25) is 14.4 Å². The third-order valence-electron chi connectivity index (χ3n) is 10.4. The van der Waals surface area contributed by atoms with Crippen molar-refractivity contribution in [3.8, 4) is 0 Å². The molecule has 4 aliphatic carbocycles. The Morgan fingerprint density at radius 3 is 2.49 bits per heavy atom. The number of ketones is 2. The van der Waals surface area contributed by atoms with E-state index >= 15 is 4.39 Å². The molecular formula is C28H37FN4O14. The molecule has 0 spiro atoms. The predicted octanol–water partition coefficient (Wildman–Crippen LogP) is -0.354. The highest BCUT2D eigenvalue weighted by Gasteiger charge is 2.76. The number of ether oxygens (including phenoxy) is 1. The highest BCUT2D eigenvalue weighted by atomic mass is 19.1. The summed E-state index contributed by atoms with van der Waals surface area (Å²) >= 11 is 0. The number of aliphatic hydroxyl groups is 3. The normalized spacial score (nSPS) is 36.0. The summed E-state index contributed by atoms with van der Waals surface area (Å²) in [6.45, 7) is 0.349. The standard InChI is InChI=1S/C28H37FN4O14/c1-25-7-5-16(34)9-15(25)3-4-18-19-10-20(35)28(40,26(19,2)11-21(36)27(18,25)29)22(37)14-45-24(39)31-12-23(38)30-8-6-17(47-33(43)44)13-46-32(41)42/h3,5,7,17-21,35-36,40H,4,6,8-14H2,1-2H3,(H,30,38)(H,31,39)/t17?,18-,19-,20+,21-,25-,26-,27-,28-/m0/s1. The van der Waals surface area contributed by atoms with Crippen molar-refractivity contribution >= 4 is 23.6 Å². The summed E-state index contributed by atoms with van der Waals surface area (Å²) in [5.74, 6) is -3.79. The molecule has 0 aromatic heterocycles. The van der Waals surface area contributed by atoms with E-state index in [0.29, 0.717) is 5.57 Å². The van der Waals surface area contributed by atoms with Crippen molar-refractivity contribution in [1.82, 2.24) is 10.6 Å². The van der Waals surface area contributed by atoms with Gasteiger partial charge in [-0.05, 0) is 44.6 Å². The molecule has 260 valence electrons. The molecular weight excluding hydrogens is 635 g/mol. The van der Waals surface area contributed by atoms with Gasteiger partial charge >= 0.3 is 6.09 Å². The maximum atomic E-state index is 17.2. The molecule has 19 heteroatoms. The lowest BCUT2D eigenvalue weighted by Crippen LogP contribution is -2.69. The van der Waals surface area contributed by atoms with Crippen LogP contribution in [0.25, 0.3) is 0 Å². The van der Waals surface area contributed by atoms with Crippen molar-refractivity contribution in [2.24, 2.45) is 22.7 Å². The molecule has 18 nitrogen and oxygen atoms in total. The van der Waals surface area contributed by atoms with E-state index in [1.54, 1.807) is 13.0 Å². The molecule has 47 heavy (non-hydrogen) atoms. The van der Waals surface area contributed by atoms with Crippen molar-refractivity contribution in [1.29, 1.82) is 0 Å². The Morgan fingerprint density at radius 2 is 1.83 bits per heavy atom. The molecule has 4 rings (SSSR count). The number of hydrogen-bond acceptors (Lipinski definition) is 14. The first-order valence-electron chi connectivity index (χ1n) is 14.9. The van der Waals surface area contributed by atoms with E-state index in [4.69, 9.17) is 4.74 Å². The first-order valence-corrected chi connectivity index (χ1v) is 14.9. The summed E-state index contributed by atoms with van der Waals surface area (Å²) in [7, 11) is 0. The number of nitrogens with zero attached hydrogens (tertiary/aromatic N) is 2. The lowest BCUT2D eigenvalue weighted by atomic mass is 9.45. The number of allylic oxidation sites excluding steroid dienone is 4. The predicted molar refractivity (Wildman–Crippen MR) is 151 cm³/mol. The summed E-state index contributed by atoms with van der Waals surface area (Å²) < 4.78 is 22.1. The SMILES string of the molecule is C[C@]12C=CC(=O)CC1=CC[C@H]1[C@@H]3C[C@@H](O)[C@](O)(C(=O)COC(=O)NCC(=O)NCCC(CO[N+](=O)[O-])O[N+](=O)[O-])[C@@]3(C)C[C@H](O)[C@@]12F. The van der Waals surface area contributed by atoms with E-state index in [2.05, 4.69) is 20.3 Å². The van der Waals surface area contributed by atoms with Gasteiger partial charge in [-0.2, -0.15) is 0 Å².